The van der Waals surface area contributed by atoms with E-state index in [1.165, 1.54) is 0 Å². The van der Waals surface area contributed by atoms with Crippen LogP contribution >= 0.6 is 0 Å². The zero-order chi connectivity index (χ0) is 17.6. The second-order valence-corrected chi connectivity index (χ2v) is 5.55. The van der Waals surface area contributed by atoms with Gasteiger partial charge in [-0.15, -0.1) is 0 Å². The molecule has 1 heterocycles. The second-order valence-electron chi connectivity index (χ2n) is 5.55. The quantitative estimate of drug-likeness (QED) is 0.880. The Morgan fingerprint density at radius 3 is 2.60 bits per heavy atom. The molecule has 2 amide bonds. The lowest BCUT2D eigenvalue weighted by Gasteiger charge is -2.13. The number of rotatable bonds is 5. The summed E-state index contributed by atoms with van der Waals surface area (Å²) in [5, 5.41) is 6.93. The molecule has 0 unspecified atom stereocenters. The van der Waals surface area contributed by atoms with E-state index in [4.69, 9.17) is 4.74 Å². The maximum Gasteiger partial charge on any atom is 0.259 e. The van der Waals surface area contributed by atoms with Crippen LogP contribution in [0.25, 0.3) is 0 Å². The minimum Gasteiger partial charge on any atom is -0.493 e. The number of nitrogens with zero attached hydrogens (tertiary/aromatic N) is 1. The average Bonchev–Trinajstić information content (AvgIpc) is 2.64. The number of nitrogens with one attached hydrogen (secondary N) is 2. The van der Waals surface area contributed by atoms with Crippen molar-refractivity contribution in [3.8, 4) is 5.75 Å². The Bertz CT molecular complexity index is 813. The minimum atomic E-state index is -0.223. The molecule has 6 nitrogen and oxygen atoms in total. The molecule has 6 heteroatoms. The van der Waals surface area contributed by atoms with Crippen molar-refractivity contribution in [2.75, 3.05) is 11.9 Å². The monoisotopic (exact) mass is 337 g/mol. The summed E-state index contributed by atoms with van der Waals surface area (Å²) in [4.78, 5) is 23.6. The SMILES string of the molecule is CCOc1ccccc1C(=O)Nc1ccc(C2=NNC(=O)CC2)cc1. The normalized spacial score (nSPS) is 13.6. The molecule has 1 aliphatic heterocycles. The van der Waals surface area contributed by atoms with E-state index in [0.717, 1.165) is 11.3 Å². The Labute approximate surface area is 145 Å². The molecule has 0 aromatic heterocycles. The lowest BCUT2D eigenvalue weighted by Crippen LogP contribution is -2.25. The van der Waals surface area contributed by atoms with E-state index in [0.29, 0.717) is 36.4 Å². The van der Waals surface area contributed by atoms with Gasteiger partial charge in [-0.05, 0) is 36.8 Å². The van der Waals surface area contributed by atoms with Crippen molar-refractivity contribution < 1.29 is 14.3 Å². The maximum atomic E-state index is 12.5. The third-order valence-corrected chi connectivity index (χ3v) is 3.81. The Morgan fingerprint density at radius 2 is 1.92 bits per heavy atom. The van der Waals surface area contributed by atoms with Gasteiger partial charge in [0.05, 0.1) is 17.9 Å². The van der Waals surface area contributed by atoms with E-state index in [1.54, 1.807) is 18.2 Å². The Morgan fingerprint density at radius 1 is 1.16 bits per heavy atom. The Hall–Kier alpha value is -3.15. The van der Waals surface area contributed by atoms with Gasteiger partial charge in [-0.3, -0.25) is 9.59 Å². The molecule has 0 radical (unpaired) electrons. The predicted octanol–water partition coefficient (Wildman–Crippen LogP) is 2.95. The summed E-state index contributed by atoms with van der Waals surface area (Å²) < 4.78 is 5.49. The number of para-hydroxylation sites is 1. The number of carbonyl (C=O) groups excluding carboxylic acids is 2. The fraction of sp³-hybridized carbons (Fsp3) is 0.211. The van der Waals surface area contributed by atoms with Crippen molar-refractivity contribution in [2.24, 2.45) is 5.10 Å². The van der Waals surface area contributed by atoms with Crippen LogP contribution in [-0.2, 0) is 4.79 Å². The molecular formula is C19H19N3O3. The highest BCUT2D eigenvalue weighted by atomic mass is 16.5. The standard InChI is InChI=1S/C19H19N3O3/c1-2-25-17-6-4-3-5-15(17)19(24)20-14-9-7-13(8-10-14)16-11-12-18(23)22-21-16/h3-10H,2,11-12H2,1H3,(H,20,24)(H,22,23). The van der Waals surface area contributed by atoms with Gasteiger partial charge in [0.15, 0.2) is 0 Å². The van der Waals surface area contributed by atoms with E-state index in [1.807, 2.05) is 37.3 Å². The van der Waals surface area contributed by atoms with Crippen LogP contribution in [0.5, 0.6) is 5.75 Å². The van der Waals surface area contributed by atoms with E-state index in [-0.39, 0.29) is 11.8 Å². The molecule has 2 N–H and O–H groups in total. The molecule has 2 aromatic carbocycles. The van der Waals surface area contributed by atoms with Crippen molar-refractivity contribution in [1.82, 2.24) is 5.43 Å². The molecule has 0 spiro atoms. The van der Waals surface area contributed by atoms with Gasteiger partial charge in [0.25, 0.3) is 5.91 Å². The molecule has 1 aliphatic rings. The summed E-state index contributed by atoms with van der Waals surface area (Å²) in [7, 11) is 0. The summed E-state index contributed by atoms with van der Waals surface area (Å²) in [5.74, 6) is 0.270. The van der Waals surface area contributed by atoms with Gasteiger partial charge < -0.3 is 10.1 Å². The third kappa shape index (κ3) is 4.03. The van der Waals surface area contributed by atoms with Crippen LogP contribution in [0.4, 0.5) is 5.69 Å². The molecule has 0 atom stereocenters. The molecular weight excluding hydrogens is 318 g/mol. The molecule has 0 saturated carbocycles. The van der Waals surface area contributed by atoms with E-state index >= 15 is 0 Å². The van der Waals surface area contributed by atoms with E-state index in [2.05, 4.69) is 15.8 Å². The average molecular weight is 337 g/mol. The summed E-state index contributed by atoms with van der Waals surface area (Å²) >= 11 is 0. The van der Waals surface area contributed by atoms with Gasteiger partial charge >= 0.3 is 0 Å². The summed E-state index contributed by atoms with van der Waals surface area (Å²) in [6.07, 6.45) is 1.05. The second kappa shape index (κ2) is 7.61. The first-order chi connectivity index (χ1) is 12.2. The number of ether oxygens (including phenoxy) is 1. The molecule has 25 heavy (non-hydrogen) atoms. The predicted molar refractivity (Wildman–Crippen MR) is 95.9 cm³/mol. The molecule has 0 bridgehead atoms. The lowest BCUT2D eigenvalue weighted by molar-refractivity contribution is -0.121. The van der Waals surface area contributed by atoms with Crippen molar-refractivity contribution in [1.29, 1.82) is 0 Å². The molecule has 3 rings (SSSR count). The van der Waals surface area contributed by atoms with Crippen LogP contribution in [0.2, 0.25) is 0 Å². The molecule has 0 fully saturated rings. The number of benzene rings is 2. The number of hydrazone groups is 1. The largest absolute Gasteiger partial charge is 0.493 e. The molecule has 0 aliphatic carbocycles. The fourth-order valence-corrected chi connectivity index (χ4v) is 2.56. The van der Waals surface area contributed by atoms with Gasteiger partial charge in [-0.2, -0.15) is 5.10 Å². The molecule has 2 aromatic rings. The lowest BCUT2D eigenvalue weighted by atomic mass is 10.0. The Kier molecular flexibility index (Phi) is 5.09. The molecule has 0 saturated heterocycles. The maximum absolute atomic E-state index is 12.5. The highest BCUT2D eigenvalue weighted by Gasteiger charge is 2.14. The van der Waals surface area contributed by atoms with Gasteiger partial charge in [0, 0.05) is 18.5 Å². The highest BCUT2D eigenvalue weighted by Crippen LogP contribution is 2.20. The van der Waals surface area contributed by atoms with Crippen LogP contribution in [0.15, 0.2) is 53.6 Å². The summed E-state index contributed by atoms with van der Waals surface area (Å²) in [6.45, 7) is 2.38. The molecule has 128 valence electrons. The van der Waals surface area contributed by atoms with Crippen molar-refractivity contribution in [2.45, 2.75) is 19.8 Å². The number of hydrogen-bond donors (Lipinski definition) is 2. The minimum absolute atomic E-state index is 0.0689. The van der Waals surface area contributed by atoms with E-state index in [9.17, 15) is 9.59 Å². The first-order valence-corrected chi connectivity index (χ1v) is 8.16. The zero-order valence-corrected chi connectivity index (χ0v) is 13.9. The van der Waals surface area contributed by atoms with Gasteiger partial charge in [0.1, 0.15) is 5.75 Å². The topological polar surface area (TPSA) is 79.8 Å². The smallest absolute Gasteiger partial charge is 0.259 e. The van der Waals surface area contributed by atoms with Crippen molar-refractivity contribution >= 4 is 23.2 Å². The third-order valence-electron chi connectivity index (χ3n) is 3.81. The first kappa shape index (κ1) is 16.7. The van der Waals surface area contributed by atoms with Crippen LogP contribution in [0.1, 0.15) is 35.7 Å². The van der Waals surface area contributed by atoms with Crippen molar-refractivity contribution in [3.05, 3.63) is 59.7 Å². The van der Waals surface area contributed by atoms with Gasteiger partial charge in [-0.25, -0.2) is 5.43 Å². The van der Waals surface area contributed by atoms with Crippen LogP contribution in [-0.4, -0.2) is 24.1 Å². The number of hydrogen-bond acceptors (Lipinski definition) is 4. The van der Waals surface area contributed by atoms with E-state index < -0.39 is 0 Å². The van der Waals surface area contributed by atoms with Gasteiger partial charge in [0.2, 0.25) is 5.91 Å². The number of anilines is 1. The first-order valence-electron chi connectivity index (χ1n) is 8.16. The summed E-state index contributed by atoms with van der Waals surface area (Å²) in [6, 6.07) is 14.5. The van der Waals surface area contributed by atoms with Crippen molar-refractivity contribution in [3.63, 3.8) is 0 Å². The highest BCUT2D eigenvalue weighted by molar-refractivity contribution is 6.07. The van der Waals surface area contributed by atoms with Crippen LogP contribution in [0.3, 0.4) is 0 Å². The van der Waals surface area contributed by atoms with Crippen LogP contribution < -0.4 is 15.5 Å². The van der Waals surface area contributed by atoms with Gasteiger partial charge in [-0.1, -0.05) is 24.3 Å². The number of carbonyl (C=O) groups is 2. The Balaban J connectivity index is 1.71. The zero-order valence-electron chi connectivity index (χ0n) is 13.9. The number of amides is 2. The summed E-state index contributed by atoms with van der Waals surface area (Å²) in [5.41, 5.74) is 5.41. The van der Waals surface area contributed by atoms with Crippen LogP contribution in [0, 0.1) is 0 Å². The fourth-order valence-electron chi connectivity index (χ4n) is 2.56.